The van der Waals surface area contributed by atoms with Gasteiger partial charge in [-0.05, 0) is 80.9 Å². The fourth-order valence-corrected chi connectivity index (χ4v) is 7.83. The minimum absolute atomic E-state index is 0.173. The van der Waals surface area contributed by atoms with Gasteiger partial charge in [0, 0.05) is 19.0 Å². The van der Waals surface area contributed by atoms with Crippen LogP contribution in [0.5, 0.6) is 0 Å². The van der Waals surface area contributed by atoms with Crippen LogP contribution in [0.4, 0.5) is 13.2 Å². The number of hydrogen-bond donors (Lipinski definition) is 2. The monoisotopic (exact) mass is 605 g/mol. The van der Waals surface area contributed by atoms with E-state index in [1.54, 1.807) is 0 Å². The molecule has 0 spiro atoms. The number of piperidine rings is 1. The van der Waals surface area contributed by atoms with Crippen molar-refractivity contribution in [3.8, 4) is 0 Å². The molecule has 1 amide bonds. The van der Waals surface area contributed by atoms with Crippen LogP contribution < -0.4 is 10.0 Å². The van der Waals surface area contributed by atoms with Gasteiger partial charge in [-0.15, -0.1) is 0 Å². The molecule has 1 fully saturated rings. The number of rotatable bonds is 8. The number of aryl methyl sites for hydroxylation is 1. The number of carbonyl (C=O) groups excluding carboxylic acids is 1. The lowest BCUT2D eigenvalue weighted by atomic mass is 9.86. The molecule has 39 heavy (non-hydrogen) atoms. The van der Waals surface area contributed by atoms with Crippen molar-refractivity contribution in [2.24, 2.45) is 0 Å². The van der Waals surface area contributed by atoms with Gasteiger partial charge in [-0.25, -0.2) is 13.1 Å². The summed E-state index contributed by atoms with van der Waals surface area (Å²) in [6.07, 6.45) is 1.50. The Morgan fingerprint density at radius 1 is 1.08 bits per heavy atom. The van der Waals surface area contributed by atoms with Crippen molar-refractivity contribution in [2.75, 3.05) is 13.1 Å². The minimum atomic E-state index is -4.74. The van der Waals surface area contributed by atoms with Crippen LogP contribution in [0.25, 0.3) is 0 Å². The van der Waals surface area contributed by atoms with Gasteiger partial charge in [0.05, 0.1) is 21.7 Å². The lowest BCUT2D eigenvalue weighted by Crippen LogP contribution is -2.39. The van der Waals surface area contributed by atoms with Crippen LogP contribution in [-0.2, 0) is 34.0 Å². The molecule has 1 saturated heterocycles. The van der Waals surface area contributed by atoms with Gasteiger partial charge >= 0.3 is 6.18 Å². The van der Waals surface area contributed by atoms with Gasteiger partial charge in [0.25, 0.3) is 0 Å². The van der Waals surface area contributed by atoms with Crippen molar-refractivity contribution >= 4 is 39.1 Å². The van der Waals surface area contributed by atoms with Crippen molar-refractivity contribution < 1.29 is 26.4 Å². The second-order valence-corrected chi connectivity index (χ2v) is 12.8. The van der Waals surface area contributed by atoms with Gasteiger partial charge in [0.1, 0.15) is 4.90 Å². The van der Waals surface area contributed by atoms with E-state index in [1.807, 2.05) is 0 Å². The number of likely N-dealkylation sites (tertiary alicyclic amines) is 1. The predicted octanol–water partition coefficient (Wildman–Crippen LogP) is 6.25. The third kappa shape index (κ3) is 7.67. The van der Waals surface area contributed by atoms with E-state index in [0.29, 0.717) is 12.1 Å². The van der Waals surface area contributed by atoms with Crippen molar-refractivity contribution in [1.29, 1.82) is 0 Å². The first-order valence-electron chi connectivity index (χ1n) is 13.1. The maximum Gasteiger partial charge on any atom is 0.416 e. The van der Waals surface area contributed by atoms with E-state index in [4.69, 9.17) is 23.2 Å². The largest absolute Gasteiger partial charge is 0.416 e. The van der Waals surface area contributed by atoms with Gasteiger partial charge in [-0.3, -0.25) is 9.69 Å². The topological polar surface area (TPSA) is 78.5 Å². The third-order valence-corrected chi connectivity index (χ3v) is 9.66. The zero-order valence-corrected chi connectivity index (χ0v) is 23.9. The Morgan fingerprint density at radius 2 is 1.74 bits per heavy atom. The Balaban J connectivity index is 1.38. The van der Waals surface area contributed by atoms with Gasteiger partial charge in [0.2, 0.25) is 15.9 Å². The Labute approximate surface area is 237 Å². The zero-order chi connectivity index (χ0) is 28.4. The number of sulfonamides is 1. The van der Waals surface area contributed by atoms with E-state index >= 15 is 0 Å². The van der Waals surface area contributed by atoms with E-state index < -0.39 is 42.7 Å². The maximum absolute atomic E-state index is 13.0. The van der Waals surface area contributed by atoms with Crippen LogP contribution in [0.2, 0.25) is 10.0 Å². The highest BCUT2D eigenvalue weighted by Crippen LogP contribution is 2.38. The van der Waals surface area contributed by atoms with Gasteiger partial charge in [-0.1, -0.05) is 47.8 Å². The highest BCUT2D eigenvalue weighted by molar-refractivity contribution is 7.89. The normalized spacial score (nSPS) is 19.4. The molecule has 2 aliphatic rings. The minimum Gasteiger partial charge on any atom is -0.349 e. The summed E-state index contributed by atoms with van der Waals surface area (Å²) in [6.45, 7) is 4.66. The molecule has 1 aliphatic carbocycles. The van der Waals surface area contributed by atoms with Crippen molar-refractivity contribution in [3.63, 3.8) is 0 Å². The summed E-state index contributed by atoms with van der Waals surface area (Å²) in [5, 5.41) is 1.71. The molecule has 12 heteroatoms. The highest BCUT2D eigenvalue weighted by atomic mass is 35.5. The lowest BCUT2D eigenvalue weighted by molar-refractivity contribution is -0.137. The molecule has 2 atom stereocenters. The first-order chi connectivity index (χ1) is 18.3. The van der Waals surface area contributed by atoms with E-state index in [9.17, 15) is 26.4 Å². The molecular formula is C27H32Cl2F3N3O3S. The number of alkyl halides is 3. The molecular weight excluding hydrogens is 574 g/mol. The Kier molecular flexibility index (Phi) is 9.53. The number of amides is 1. The molecule has 1 aliphatic heterocycles. The fourth-order valence-electron chi connectivity index (χ4n) is 5.37. The SMILES string of the molecule is C[C@@H](CC(=O)N[C@@H]1CCCc2cc(CN3CCCCC3)ccc21)NS(=O)(=O)c1c(Cl)cc(C(F)(F)F)cc1Cl. The van der Waals surface area contributed by atoms with E-state index in [0.717, 1.165) is 44.5 Å². The van der Waals surface area contributed by atoms with Crippen LogP contribution in [0, 0.1) is 0 Å². The molecule has 0 aromatic heterocycles. The quantitative estimate of drug-likeness (QED) is 0.373. The number of carbonyl (C=O) groups is 1. The smallest absolute Gasteiger partial charge is 0.349 e. The third-order valence-electron chi connectivity index (χ3n) is 7.15. The number of hydrogen-bond acceptors (Lipinski definition) is 4. The van der Waals surface area contributed by atoms with Crippen LogP contribution >= 0.6 is 23.2 Å². The molecule has 6 nitrogen and oxygen atoms in total. The summed E-state index contributed by atoms with van der Waals surface area (Å²) in [4.78, 5) is 14.7. The van der Waals surface area contributed by atoms with Crippen molar-refractivity contribution in [3.05, 3.63) is 62.6 Å². The molecule has 2 aromatic rings. The number of fused-ring (bicyclic) bond motifs is 1. The Morgan fingerprint density at radius 3 is 2.38 bits per heavy atom. The maximum atomic E-state index is 13.0. The number of nitrogens with one attached hydrogen (secondary N) is 2. The molecule has 1 heterocycles. The molecule has 0 saturated carbocycles. The van der Waals surface area contributed by atoms with Gasteiger partial charge < -0.3 is 5.32 Å². The summed E-state index contributed by atoms with van der Waals surface area (Å²) in [7, 11) is -4.39. The summed E-state index contributed by atoms with van der Waals surface area (Å²) in [5.74, 6) is -0.343. The molecule has 2 aromatic carbocycles. The Bertz CT molecular complexity index is 1290. The summed E-state index contributed by atoms with van der Waals surface area (Å²) < 4.78 is 67.0. The van der Waals surface area contributed by atoms with E-state index in [2.05, 4.69) is 33.1 Å². The standard InChI is InChI=1S/C27H32Cl2F3N3O3S/c1-17(34-39(37,38)26-22(28)14-20(15-23(26)29)27(30,31)32)12-25(36)33-24-7-5-6-19-13-18(8-9-21(19)24)16-35-10-3-2-4-11-35/h8-9,13-15,17,24,34H,2-7,10-12,16H2,1H3,(H,33,36)/t17-,24+/m0/s1. The molecule has 4 rings (SSSR count). The molecule has 2 N–H and O–H groups in total. The van der Waals surface area contributed by atoms with Crippen molar-refractivity contribution in [2.45, 2.75) is 81.6 Å². The van der Waals surface area contributed by atoms with Crippen LogP contribution in [0.3, 0.4) is 0 Å². The Hall–Kier alpha value is -1.85. The zero-order valence-electron chi connectivity index (χ0n) is 21.6. The van der Waals surface area contributed by atoms with E-state index in [1.165, 1.54) is 37.3 Å². The first-order valence-corrected chi connectivity index (χ1v) is 15.3. The number of halogens is 5. The summed E-state index contributed by atoms with van der Waals surface area (Å²) in [5.41, 5.74) is 2.41. The first kappa shape index (κ1) is 30.1. The van der Waals surface area contributed by atoms with Crippen LogP contribution in [0.1, 0.15) is 73.7 Å². The number of nitrogens with zero attached hydrogens (tertiary/aromatic N) is 1. The van der Waals surface area contributed by atoms with Crippen molar-refractivity contribution in [1.82, 2.24) is 14.9 Å². The molecule has 0 unspecified atom stereocenters. The number of benzene rings is 2. The lowest BCUT2D eigenvalue weighted by Gasteiger charge is -2.29. The second kappa shape index (κ2) is 12.3. The fraction of sp³-hybridized carbons (Fsp3) is 0.519. The average Bonchev–Trinajstić information content (AvgIpc) is 2.83. The molecule has 214 valence electrons. The predicted molar refractivity (Wildman–Crippen MR) is 145 cm³/mol. The van der Waals surface area contributed by atoms with Crippen LogP contribution in [-0.4, -0.2) is 38.4 Å². The van der Waals surface area contributed by atoms with Crippen LogP contribution in [0.15, 0.2) is 35.2 Å². The molecule has 0 bridgehead atoms. The highest BCUT2D eigenvalue weighted by Gasteiger charge is 2.34. The van der Waals surface area contributed by atoms with Gasteiger partial charge in [-0.2, -0.15) is 13.2 Å². The van der Waals surface area contributed by atoms with E-state index in [-0.39, 0.29) is 18.4 Å². The second-order valence-electron chi connectivity index (χ2n) is 10.4. The summed E-state index contributed by atoms with van der Waals surface area (Å²) >= 11 is 11.7. The molecule has 0 radical (unpaired) electrons. The summed E-state index contributed by atoms with van der Waals surface area (Å²) in [6, 6.07) is 6.42. The van der Waals surface area contributed by atoms with Gasteiger partial charge in [0.15, 0.2) is 0 Å². The average molecular weight is 607 g/mol.